The van der Waals surface area contributed by atoms with Crippen LogP contribution in [-0.4, -0.2) is 17.3 Å². The summed E-state index contributed by atoms with van der Waals surface area (Å²) in [7, 11) is 0. The summed E-state index contributed by atoms with van der Waals surface area (Å²) in [5.74, 6) is 0.484. The molecule has 20 heavy (non-hydrogen) atoms. The average Bonchev–Trinajstić information content (AvgIpc) is 2.41. The van der Waals surface area contributed by atoms with Crippen LogP contribution < -0.4 is 5.32 Å². The lowest BCUT2D eigenvalue weighted by Crippen LogP contribution is -2.55. The number of aliphatic hydroxyl groups excluding tert-OH is 1. The van der Waals surface area contributed by atoms with Crippen molar-refractivity contribution in [3.05, 3.63) is 28.7 Å². The number of aliphatic hydroxyl groups is 1. The number of benzene rings is 1. The number of rotatable bonds is 3. The standard InChI is InChI=1S/C17H26BrNO/c1-16(2,3)15-6-4-5-11-17(15,12-20)19-14-9-7-13(18)8-10-14/h7-10,15,19-20H,4-6,11-12H2,1-3H3. The smallest absolute Gasteiger partial charge is 0.0664 e. The van der Waals surface area contributed by atoms with Gasteiger partial charge in [0.25, 0.3) is 0 Å². The Morgan fingerprint density at radius 2 is 1.90 bits per heavy atom. The summed E-state index contributed by atoms with van der Waals surface area (Å²) in [4.78, 5) is 0. The van der Waals surface area contributed by atoms with Gasteiger partial charge in [-0.05, 0) is 48.4 Å². The van der Waals surface area contributed by atoms with Gasteiger partial charge in [-0.2, -0.15) is 0 Å². The molecule has 2 nitrogen and oxygen atoms in total. The molecular weight excluding hydrogens is 314 g/mol. The van der Waals surface area contributed by atoms with E-state index in [0.29, 0.717) is 5.92 Å². The molecule has 1 fully saturated rings. The Kier molecular flexibility index (Phi) is 4.80. The van der Waals surface area contributed by atoms with Gasteiger partial charge in [-0.25, -0.2) is 0 Å². The molecule has 2 N–H and O–H groups in total. The SMILES string of the molecule is CC(C)(C)C1CCCCC1(CO)Nc1ccc(Br)cc1. The Morgan fingerprint density at radius 1 is 1.25 bits per heavy atom. The second-order valence-electron chi connectivity index (χ2n) is 7.11. The van der Waals surface area contributed by atoms with Gasteiger partial charge in [0.2, 0.25) is 0 Å². The Balaban J connectivity index is 2.27. The van der Waals surface area contributed by atoms with Crippen LogP contribution in [0.3, 0.4) is 0 Å². The van der Waals surface area contributed by atoms with E-state index in [1.165, 1.54) is 19.3 Å². The van der Waals surface area contributed by atoms with Gasteiger partial charge in [0.1, 0.15) is 0 Å². The Bertz CT molecular complexity index is 437. The van der Waals surface area contributed by atoms with Gasteiger partial charge in [0, 0.05) is 10.2 Å². The van der Waals surface area contributed by atoms with E-state index in [4.69, 9.17) is 0 Å². The highest BCUT2D eigenvalue weighted by Crippen LogP contribution is 2.45. The molecule has 1 aliphatic carbocycles. The minimum Gasteiger partial charge on any atom is -0.394 e. The Hall–Kier alpha value is -0.540. The van der Waals surface area contributed by atoms with Gasteiger partial charge in [0.05, 0.1) is 12.1 Å². The van der Waals surface area contributed by atoms with E-state index in [1.807, 2.05) is 12.1 Å². The first kappa shape index (κ1) is 15.8. The van der Waals surface area contributed by atoms with Crippen LogP contribution in [0.1, 0.15) is 46.5 Å². The van der Waals surface area contributed by atoms with Crippen molar-refractivity contribution >= 4 is 21.6 Å². The lowest BCUT2D eigenvalue weighted by atomic mass is 9.62. The number of nitrogens with one attached hydrogen (secondary N) is 1. The maximum absolute atomic E-state index is 10.1. The molecule has 2 rings (SSSR count). The summed E-state index contributed by atoms with van der Waals surface area (Å²) in [6, 6.07) is 8.25. The molecule has 0 aliphatic heterocycles. The van der Waals surface area contributed by atoms with Crippen LogP contribution in [0.4, 0.5) is 5.69 Å². The summed E-state index contributed by atoms with van der Waals surface area (Å²) in [6.45, 7) is 7.06. The summed E-state index contributed by atoms with van der Waals surface area (Å²) in [5, 5.41) is 13.8. The summed E-state index contributed by atoms with van der Waals surface area (Å²) in [6.07, 6.45) is 4.69. The number of hydrogen-bond donors (Lipinski definition) is 2. The fourth-order valence-corrected chi connectivity index (χ4v) is 3.96. The first-order valence-corrected chi connectivity index (χ1v) is 8.31. The van der Waals surface area contributed by atoms with E-state index in [0.717, 1.165) is 16.6 Å². The zero-order valence-electron chi connectivity index (χ0n) is 12.7. The maximum Gasteiger partial charge on any atom is 0.0664 e. The molecule has 3 heteroatoms. The van der Waals surface area contributed by atoms with Gasteiger partial charge < -0.3 is 10.4 Å². The van der Waals surface area contributed by atoms with E-state index in [9.17, 15) is 5.11 Å². The minimum absolute atomic E-state index is 0.190. The first-order chi connectivity index (χ1) is 9.37. The van der Waals surface area contributed by atoms with Crippen LogP contribution in [0, 0.1) is 11.3 Å². The fraction of sp³-hybridized carbons (Fsp3) is 0.647. The molecule has 2 atom stereocenters. The molecule has 0 amide bonds. The van der Waals surface area contributed by atoms with Gasteiger partial charge in [-0.3, -0.25) is 0 Å². The maximum atomic E-state index is 10.1. The summed E-state index contributed by atoms with van der Waals surface area (Å²) < 4.78 is 1.08. The third kappa shape index (κ3) is 3.37. The third-order valence-corrected chi connectivity index (χ3v) is 5.13. The van der Waals surface area contributed by atoms with Gasteiger partial charge in [-0.15, -0.1) is 0 Å². The quantitative estimate of drug-likeness (QED) is 0.826. The van der Waals surface area contributed by atoms with Crippen molar-refractivity contribution in [2.75, 3.05) is 11.9 Å². The molecule has 0 radical (unpaired) electrons. The van der Waals surface area contributed by atoms with E-state index in [1.54, 1.807) is 0 Å². The van der Waals surface area contributed by atoms with Crippen molar-refractivity contribution in [1.29, 1.82) is 0 Å². The highest BCUT2D eigenvalue weighted by molar-refractivity contribution is 9.10. The topological polar surface area (TPSA) is 32.3 Å². The van der Waals surface area contributed by atoms with Crippen LogP contribution >= 0.6 is 15.9 Å². The molecule has 1 aromatic rings. The molecule has 2 unspecified atom stereocenters. The zero-order chi connectivity index (χ0) is 14.8. The first-order valence-electron chi connectivity index (χ1n) is 7.52. The third-order valence-electron chi connectivity index (χ3n) is 4.60. The van der Waals surface area contributed by atoms with Gasteiger partial charge in [0.15, 0.2) is 0 Å². The monoisotopic (exact) mass is 339 g/mol. The van der Waals surface area contributed by atoms with Crippen LogP contribution in [-0.2, 0) is 0 Å². The van der Waals surface area contributed by atoms with Crippen LogP contribution in [0.15, 0.2) is 28.7 Å². The summed E-state index contributed by atoms with van der Waals surface area (Å²) in [5.41, 5.74) is 1.11. The van der Waals surface area contributed by atoms with Crippen molar-refractivity contribution in [3.63, 3.8) is 0 Å². The number of anilines is 1. The Morgan fingerprint density at radius 3 is 2.45 bits per heavy atom. The van der Waals surface area contributed by atoms with Gasteiger partial charge >= 0.3 is 0 Å². The van der Waals surface area contributed by atoms with Crippen LogP contribution in [0.25, 0.3) is 0 Å². The summed E-state index contributed by atoms with van der Waals surface area (Å²) >= 11 is 3.47. The van der Waals surface area contributed by atoms with Crippen LogP contribution in [0.2, 0.25) is 0 Å². The largest absolute Gasteiger partial charge is 0.394 e. The molecule has 0 spiro atoms. The lowest BCUT2D eigenvalue weighted by Gasteiger charge is -2.50. The van der Waals surface area contributed by atoms with Crippen molar-refractivity contribution in [3.8, 4) is 0 Å². The van der Waals surface area contributed by atoms with E-state index >= 15 is 0 Å². The van der Waals surface area contributed by atoms with Crippen LogP contribution in [0.5, 0.6) is 0 Å². The predicted molar refractivity (Wildman–Crippen MR) is 89.0 cm³/mol. The second-order valence-corrected chi connectivity index (χ2v) is 8.03. The molecule has 1 aromatic carbocycles. The molecule has 1 saturated carbocycles. The van der Waals surface area contributed by atoms with Gasteiger partial charge in [-0.1, -0.05) is 49.5 Å². The predicted octanol–water partition coefficient (Wildman–Crippen LogP) is 4.83. The van der Waals surface area contributed by atoms with Crippen molar-refractivity contribution < 1.29 is 5.11 Å². The highest BCUT2D eigenvalue weighted by atomic mass is 79.9. The molecule has 0 aromatic heterocycles. The van der Waals surface area contributed by atoms with E-state index in [2.05, 4.69) is 54.2 Å². The minimum atomic E-state index is -0.190. The average molecular weight is 340 g/mol. The highest BCUT2D eigenvalue weighted by Gasteiger charge is 2.45. The number of hydrogen-bond acceptors (Lipinski definition) is 2. The van der Waals surface area contributed by atoms with Crippen molar-refractivity contribution in [1.82, 2.24) is 0 Å². The Labute approximate surface area is 131 Å². The van der Waals surface area contributed by atoms with Crippen molar-refractivity contribution in [2.45, 2.75) is 52.0 Å². The normalized spacial score (nSPS) is 27.4. The molecular formula is C17H26BrNO. The lowest BCUT2D eigenvalue weighted by molar-refractivity contribution is 0.0484. The molecule has 1 aliphatic rings. The molecule has 0 heterocycles. The van der Waals surface area contributed by atoms with E-state index in [-0.39, 0.29) is 17.6 Å². The second kappa shape index (κ2) is 6.07. The fourth-order valence-electron chi connectivity index (χ4n) is 3.70. The van der Waals surface area contributed by atoms with Crippen molar-refractivity contribution in [2.24, 2.45) is 11.3 Å². The molecule has 112 valence electrons. The van der Waals surface area contributed by atoms with E-state index < -0.39 is 0 Å². The molecule has 0 bridgehead atoms. The zero-order valence-corrected chi connectivity index (χ0v) is 14.3. The number of halogens is 1. The molecule has 0 saturated heterocycles.